The molecule has 4 amide bonds. The second kappa shape index (κ2) is 7.65. The van der Waals surface area contributed by atoms with Crippen LogP contribution in [-0.2, 0) is 16.9 Å². The molecule has 160 valence electrons. The molecule has 1 atom stereocenters. The van der Waals surface area contributed by atoms with Gasteiger partial charge in [-0.25, -0.2) is 4.79 Å². The Morgan fingerprint density at radius 2 is 1.88 bits per heavy atom. The number of amides is 4. The summed E-state index contributed by atoms with van der Waals surface area (Å²) in [6.07, 6.45) is 3.44. The van der Waals surface area contributed by atoms with Crippen molar-refractivity contribution in [2.24, 2.45) is 0 Å². The van der Waals surface area contributed by atoms with Gasteiger partial charge in [-0.15, -0.1) is 0 Å². The zero-order valence-electron chi connectivity index (χ0n) is 16.7. The number of halogens is 1. The lowest BCUT2D eigenvalue weighted by atomic mass is 9.88. The van der Waals surface area contributed by atoms with E-state index in [0.717, 1.165) is 16.7 Å². The van der Waals surface area contributed by atoms with Crippen LogP contribution in [0.4, 0.5) is 4.79 Å². The zero-order chi connectivity index (χ0) is 22.3. The molecule has 2 aliphatic rings. The smallest absolute Gasteiger partial charge is 0.322 e. The molecule has 32 heavy (non-hydrogen) atoms. The van der Waals surface area contributed by atoms with Crippen molar-refractivity contribution in [1.82, 2.24) is 20.5 Å². The second-order valence-electron chi connectivity index (χ2n) is 7.69. The molecule has 1 aromatic heterocycles. The van der Waals surface area contributed by atoms with E-state index in [4.69, 9.17) is 16.2 Å². The van der Waals surface area contributed by atoms with Crippen LogP contribution in [0.2, 0.25) is 0 Å². The molecule has 2 N–H and O–H groups in total. The lowest BCUT2D eigenvalue weighted by molar-refractivity contribution is -0.124. The van der Waals surface area contributed by atoms with Crippen LogP contribution in [0, 0.1) is 0 Å². The molecular formula is C23H17ClN4O4. The summed E-state index contributed by atoms with van der Waals surface area (Å²) in [4.78, 5) is 43.7. The summed E-state index contributed by atoms with van der Waals surface area (Å²) < 4.78 is 4.70. The molecule has 2 aliphatic heterocycles. The lowest BCUT2D eigenvalue weighted by Crippen LogP contribution is -2.52. The Bertz CT molecular complexity index is 1230. The molecule has 0 saturated carbocycles. The first-order valence-corrected chi connectivity index (χ1v) is 10.2. The van der Waals surface area contributed by atoms with Gasteiger partial charge in [-0.2, -0.15) is 0 Å². The summed E-state index contributed by atoms with van der Waals surface area (Å²) >= 11 is 5.42. The number of fused-ring (bicyclic) bond motifs is 1. The Kier molecular flexibility index (Phi) is 4.79. The van der Waals surface area contributed by atoms with E-state index in [0.29, 0.717) is 23.4 Å². The Morgan fingerprint density at radius 1 is 1.06 bits per heavy atom. The van der Waals surface area contributed by atoms with Crippen molar-refractivity contribution in [2.45, 2.75) is 12.1 Å². The SMILES string of the molecule is O=C1NC(=O)[C@](CN2Cc3ccc(OCl)cc3C2=O)(c2ccc(-c3cccnc3)cc2)N1. The van der Waals surface area contributed by atoms with E-state index in [-0.39, 0.29) is 12.5 Å². The van der Waals surface area contributed by atoms with Gasteiger partial charge in [0.2, 0.25) is 0 Å². The van der Waals surface area contributed by atoms with Gasteiger partial charge in [0.15, 0.2) is 5.54 Å². The minimum absolute atomic E-state index is 0.0264. The molecule has 2 aromatic carbocycles. The standard InChI is InChI=1S/C23H17ClN4O4/c24-32-18-8-5-16-12-28(20(29)19(16)10-18)13-23(21(30)26-22(31)27-23)17-6-3-14(4-7-17)15-2-1-9-25-11-15/h1-11H,12-13H2,(H2,26,27,30,31)/t23-/m0/s1. The monoisotopic (exact) mass is 448 g/mol. The van der Waals surface area contributed by atoms with E-state index in [1.165, 1.54) is 4.90 Å². The number of carbonyl (C=O) groups is 3. The Morgan fingerprint density at radius 3 is 2.53 bits per heavy atom. The van der Waals surface area contributed by atoms with Crippen molar-refractivity contribution in [3.05, 3.63) is 83.7 Å². The summed E-state index contributed by atoms with van der Waals surface area (Å²) in [6.45, 7) is 0.275. The molecule has 1 fully saturated rings. The summed E-state index contributed by atoms with van der Waals surface area (Å²) in [5.41, 5.74) is 2.25. The molecule has 0 radical (unpaired) electrons. The van der Waals surface area contributed by atoms with Gasteiger partial charge < -0.3 is 14.5 Å². The van der Waals surface area contributed by atoms with Crippen LogP contribution in [0.15, 0.2) is 67.0 Å². The van der Waals surface area contributed by atoms with E-state index in [1.807, 2.05) is 24.3 Å². The number of hydrogen-bond donors (Lipinski definition) is 2. The summed E-state index contributed by atoms with van der Waals surface area (Å²) in [5, 5.41) is 5.04. The van der Waals surface area contributed by atoms with Crippen LogP contribution in [0.1, 0.15) is 21.5 Å². The van der Waals surface area contributed by atoms with Crippen molar-refractivity contribution in [3.8, 4) is 16.9 Å². The maximum Gasteiger partial charge on any atom is 0.322 e. The van der Waals surface area contributed by atoms with Crippen LogP contribution in [0.5, 0.6) is 5.75 Å². The van der Waals surface area contributed by atoms with Crippen LogP contribution >= 0.6 is 11.9 Å². The number of benzene rings is 2. The van der Waals surface area contributed by atoms with Gasteiger partial charge in [0.25, 0.3) is 11.8 Å². The van der Waals surface area contributed by atoms with Crippen LogP contribution in [0.3, 0.4) is 0 Å². The molecule has 8 nitrogen and oxygen atoms in total. The molecule has 3 heterocycles. The third kappa shape index (κ3) is 3.25. The first kappa shape index (κ1) is 20.0. The molecule has 0 spiro atoms. The van der Waals surface area contributed by atoms with Gasteiger partial charge in [-0.3, -0.25) is 19.9 Å². The molecule has 3 aromatic rings. The quantitative estimate of drug-likeness (QED) is 0.584. The summed E-state index contributed by atoms with van der Waals surface area (Å²) in [7, 11) is 0. The number of urea groups is 1. The fourth-order valence-corrected chi connectivity index (χ4v) is 4.28. The molecule has 0 unspecified atom stereocenters. The van der Waals surface area contributed by atoms with E-state index in [9.17, 15) is 14.4 Å². The number of rotatable bonds is 5. The van der Waals surface area contributed by atoms with Crippen molar-refractivity contribution in [3.63, 3.8) is 0 Å². The third-order valence-corrected chi connectivity index (χ3v) is 5.97. The number of hydrogen-bond acceptors (Lipinski definition) is 5. The average Bonchev–Trinajstić information content (AvgIpc) is 3.29. The predicted octanol–water partition coefficient (Wildman–Crippen LogP) is 2.97. The van der Waals surface area contributed by atoms with Crippen LogP contribution in [-0.4, -0.2) is 34.3 Å². The van der Waals surface area contributed by atoms with Gasteiger partial charge in [-0.05, 0) is 40.5 Å². The largest absolute Gasteiger partial charge is 0.386 e. The van der Waals surface area contributed by atoms with Crippen LogP contribution in [0.25, 0.3) is 11.1 Å². The molecule has 9 heteroatoms. The normalized spacial score (nSPS) is 19.5. The highest BCUT2D eigenvalue weighted by molar-refractivity contribution is 6.09. The Labute approximate surface area is 188 Å². The number of pyridine rings is 1. The van der Waals surface area contributed by atoms with Gasteiger partial charge in [-0.1, -0.05) is 36.4 Å². The van der Waals surface area contributed by atoms with Gasteiger partial charge in [0.05, 0.1) is 6.54 Å². The molecule has 0 bridgehead atoms. The molecular weight excluding hydrogens is 432 g/mol. The Hall–Kier alpha value is -3.91. The van der Waals surface area contributed by atoms with Crippen molar-refractivity contribution >= 4 is 29.7 Å². The summed E-state index contributed by atoms with van der Waals surface area (Å²) in [5.74, 6) is -0.422. The average molecular weight is 449 g/mol. The van der Waals surface area contributed by atoms with Crippen molar-refractivity contribution in [1.29, 1.82) is 0 Å². The highest BCUT2D eigenvalue weighted by Gasteiger charge is 2.50. The highest BCUT2D eigenvalue weighted by atomic mass is 35.5. The number of imide groups is 1. The number of aromatic nitrogens is 1. The highest BCUT2D eigenvalue weighted by Crippen LogP contribution is 2.33. The number of carbonyl (C=O) groups excluding carboxylic acids is 3. The minimum atomic E-state index is -1.41. The van der Waals surface area contributed by atoms with Gasteiger partial charge in [0, 0.05) is 24.5 Å². The predicted molar refractivity (Wildman–Crippen MR) is 116 cm³/mol. The zero-order valence-corrected chi connectivity index (χ0v) is 17.4. The minimum Gasteiger partial charge on any atom is -0.386 e. The van der Waals surface area contributed by atoms with Gasteiger partial charge >= 0.3 is 6.03 Å². The van der Waals surface area contributed by atoms with E-state index in [2.05, 4.69) is 15.6 Å². The van der Waals surface area contributed by atoms with Crippen molar-refractivity contribution < 1.29 is 18.7 Å². The maximum atomic E-state index is 13.0. The van der Waals surface area contributed by atoms with E-state index < -0.39 is 17.5 Å². The fourth-order valence-electron chi connectivity index (χ4n) is 4.18. The number of nitrogens with one attached hydrogen (secondary N) is 2. The fraction of sp³-hybridized carbons (Fsp3) is 0.130. The lowest BCUT2D eigenvalue weighted by Gasteiger charge is -2.31. The van der Waals surface area contributed by atoms with Crippen LogP contribution < -0.4 is 14.9 Å². The molecule has 1 saturated heterocycles. The van der Waals surface area contributed by atoms with E-state index in [1.54, 1.807) is 42.7 Å². The first-order chi connectivity index (χ1) is 15.5. The van der Waals surface area contributed by atoms with Crippen molar-refractivity contribution in [2.75, 3.05) is 6.54 Å². The maximum absolute atomic E-state index is 13.0. The molecule has 0 aliphatic carbocycles. The first-order valence-electron chi connectivity index (χ1n) is 9.85. The topological polar surface area (TPSA) is 101 Å². The van der Waals surface area contributed by atoms with E-state index >= 15 is 0 Å². The van der Waals surface area contributed by atoms with Gasteiger partial charge in [0.1, 0.15) is 17.6 Å². The Balaban J connectivity index is 1.48. The second-order valence-corrected chi connectivity index (χ2v) is 7.84. The molecule has 5 rings (SSSR count). The summed E-state index contributed by atoms with van der Waals surface area (Å²) in [6, 6.07) is 15.4. The third-order valence-electron chi connectivity index (χ3n) is 5.79. The number of nitrogens with zero attached hydrogens (tertiary/aromatic N) is 2.